The summed E-state index contributed by atoms with van der Waals surface area (Å²) in [5.41, 5.74) is 2.45. The summed E-state index contributed by atoms with van der Waals surface area (Å²) in [4.78, 5) is 14.4. The summed E-state index contributed by atoms with van der Waals surface area (Å²) in [6, 6.07) is 0.281. The molecule has 2 heterocycles. The second-order valence-corrected chi connectivity index (χ2v) is 6.62. The zero-order valence-electron chi connectivity index (χ0n) is 12.4. The van der Waals surface area contributed by atoms with Crippen LogP contribution in [-0.4, -0.2) is 38.4 Å². The highest BCUT2D eigenvalue weighted by Crippen LogP contribution is 2.38. The molecular formula is C16H22N4O. The number of carbonyl (C=O) groups is 1. The molecule has 112 valence electrons. The predicted molar refractivity (Wildman–Crippen MR) is 78.7 cm³/mol. The molecule has 0 spiro atoms. The van der Waals surface area contributed by atoms with Gasteiger partial charge in [-0.15, -0.1) is 5.10 Å². The molecule has 1 amide bonds. The van der Waals surface area contributed by atoms with Crippen LogP contribution in [0.5, 0.6) is 0 Å². The number of nitrogens with zero attached hydrogens (tertiary/aromatic N) is 4. The summed E-state index contributed by atoms with van der Waals surface area (Å²) in [7, 11) is 0. The zero-order chi connectivity index (χ0) is 14.2. The van der Waals surface area contributed by atoms with E-state index in [1.807, 2.05) is 15.7 Å². The van der Waals surface area contributed by atoms with Crippen molar-refractivity contribution in [2.45, 2.75) is 63.5 Å². The molecule has 2 saturated carbocycles. The number of carbonyl (C=O) groups excluding carboxylic acids is 1. The molecule has 5 nitrogen and oxygen atoms in total. The van der Waals surface area contributed by atoms with Crippen molar-refractivity contribution in [1.82, 2.24) is 19.9 Å². The van der Waals surface area contributed by atoms with E-state index in [4.69, 9.17) is 0 Å². The molecule has 4 rings (SSSR count). The fraction of sp³-hybridized carbons (Fsp3) is 0.688. The van der Waals surface area contributed by atoms with Crippen LogP contribution in [0, 0.1) is 0 Å². The van der Waals surface area contributed by atoms with E-state index in [-0.39, 0.29) is 11.9 Å². The standard InChI is InChI=1S/C16H22N4O/c21-16(9-12-3-1-4-12)20-8-2-5-14(20)10-19-11-15(17-18-19)13-6-7-13/h9,11,13-14H,1-8,10H2/t14-/m0/s1. The lowest BCUT2D eigenvalue weighted by Gasteiger charge is -2.25. The molecular weight excluding hydrogens is 264 g/mol. The van der Waals surface area contributed by atoms with Gasteiger partial charge in [0.05, 0.1) is 18.3 Å². The Bertz CT molecular complexity index is 567. The first-order chi connectivity index (χ1) is 10.3. The summed E-state index contributed by atoms with van der Waals surface area (Å²) in [6.45, 7) is 1.67. The van der Waals surface area contributed by atoms with Gasteiger partial charge in [0.1, 0.15) is 0 Å². The molecule has 0 bridgehead atoms. The van der Waals surface area contributed by atoms with Gasteiger partial charge in [0.25, 0.3) is 0 Å². The molecule has 1 saturated heterocycles. The molecule has 1 atom stereocenters. The first-order valence-corrected chi connectivity index (χ1v) is 8.19. The van der Waals surface area contributed by atoms with E-state index in [0.29, 0.717) is 5.92 Å². The van der Waals surface area contributed by atoms with Gasteiger partial charge in [-0.1, -0.05) is 10.8 Å². The van der Waals surface area contributed by atoms with Gasteiger partial charge in [0.2, 0.25) is 5.91 Å². The highest BCUT2D eigenvalue weighted by molar-refractivity contribution is 5.89. The molecule has 1 aliphatic heterocycles. The van der Waals surface area contributed by atoms with Crippen molar-refractivity contribution in [3.05, 3.63) is 23.5 Å². The zero-order valence-corrected chi connectivity index (χ0v) is 12.4. The van der Waals surface area contributed by atoms with Gasteiger partial charge in [-0.05, 0) is 44.9 Å². The number of hydrogen-bond donors (Lipinski definition) is 0. The molecule has 0 radical (unpaired) electrons. The highest BCUT2D eigenvalue weighted by atomic mass is 16.2. The van der Waals surface area contributed by atoms with Gasteiger partial charge in [0, 0.05) is 24.7 Å². The fourth-order valence-corrected chi connectivity index (χ4v) is 3.28. The SMILES string of the molecule is O=C(C=C1CCC1)N1CCC[C@H]1Cn1cc(C2CC2)nn1. The number of amides is 1. The second-order valence-electron chi connectivity index (χ2n) is 6.62. The normalized spacial score (nSPS) is 25.0. The van der Waals surface area contributed by atoms with Gasteiger partial charge in [-0.25, -0.2) is 0 Å². The van der Waals surface area contributed by atoms with Crippen molar-refractivity contribution in [1.29, 1.82) is 0 Å². The molecule has 0 aromatic carbocycles. The van der Waals surface area contributed by atoms with Crippen molar-refractivity contribution in [3.8, 4) is 0 Å². The molecule has 0 N–H and O–H groups in total. The van der Waals surface area contributed by atoms with E-state index in [1.54, 1.807) is 0 Å². The first-order valence-electron chi connectivity index (χ1n) is 8.19. The molecule has 0 unspecified atom stereocenters. The molecule has 1 aromatic heterocycles. The number of allylic oxidation sites excluding steroid dienone is 1. The Morgan fingerprint density at radius 1 is 1.29 bits per heavy atom. The van der Waals surface area contributed by atoms with Gasteiger partial charge >= 0.3 is 0 Å². The lowest BCUT2D eigenvalue weighted by atomic mass is 9.92. The van der Waals surface area contributed by atoms with E-state index in [1.165, 1.54) is 24.8 Å². The largest absolute Gasteiger partial charge is 0.334 e. The summed E-state index contributed by atoms with van der Waals surface area (Å²) < 4.78 is 1.93. The van der Waals surface area contributed by atoms with Crippen LogP contribution in [0.3, 0.4) is 0 Å². The Morgan fingerprint density at radius 2 is 2.14 bits per heavy atom. The summed E-state index contributed by atoms with van der Waals surface area (Å²) in [6.07, 6.45) is 12.1. The minimum Gasteiger partial charge on any atom is -0.334 e. The van der Waals surface area contributed by atoms with Gasteiger partial charge in [-0.2, -0.15) is 0 Å². The topological polar surface area (TPSA) is 51.0 Å². The van der Waals surface area contributed by atoms with Gasteiger partial charge < -0.3 is 4.90 Å². The van der Waals surface area contributed by atoms with Crippen molar-refractivity contribution in [2.75, 3.05) is 6.54 Å². The minimum atomic E-state index is 0.203. The highest BCUT2D eigenvalue weighted by Gasteiger charge is 2.30. The van der Waals surface area contributed by atoms with Crippen LogP contribution in [-0.2, 0) is 11.3 Å². The van der Waals surface area contributed by atoms with E-state index in [0.717, 1.165) is 44.5 Å². The predicted octanol–water partition coefficient (Wildman–Crippen LogP) is 2.26. The quantitative estimate of drug-likeness (QED) is 0.798. The molecule has 3 fully saturated rings. The summed E-state index contributed by atoms with van der Waals surface area (Å²) >= 11 is 0. The van der Waals surface area contributed by atoms with E-state index in [9.17, 15) is 4.79 Å². The molecule has 21 heavy (non-hydrogen) atoms. The second kappa shape index (κ2) is 5.28. The van der Waals surface area contributed by atoms with Crippen LogP contribution in [0.25, 0.3) is 0 Å². The van der Waals surface area contributed by atoms with Crippen molar-refractivity contribution in [3.63, 3.8) is 0 Å². The molecule has 1 aromatic rings. The number of aromatic nitrogens is 3. The van der Waals surface area contributed by atoms with E-state index >= 15 is 0 Å². The van der Waals surface area contributed by atoms with Crippen LogP contribution < -0.4 is 0 Å². The third-order valence-electron chi connectivity index (χ3n) is 4.93. The van der Waals surface area contributed by atoms with Crippen LogP contribution in [0.4, 0.5) is 0 Å². The first kappa shape index (κ1) is 13.0. The maximum atomic E-state index is 12.4. The molecule has 3 aliphatic rings. The smallest absolute Gasteiger partial charge is 0.246 e. The lowest BCUT2D eigenvalue weighted by Crippen LogP contribution is -2.37. The Labute approximate surface area is 125 Å². The van der Waals surface area contributed by atoms with Crippen LogP contribution in [0.2, 0.25) is 0 Å². The number of hydrogen-bond acceptors (Lipinski definition) is 3. The number of rotatable bonds is 4. The fourth-order valence-electron chi connectivity index (χ4n) is 3.28. The van der Waals surface area contributed by atoms with Crippen molar-refractivity contribution >= 4 is 5.91 Å². The van der Waals surface area contributed by atoms with Crippen LogP contribution in [0.15, 0.2) is 17.8 Å². The van der Waals surface area contributed by atoms with Gasteiger partial charge in [0.15, 0.2) is 0 Å². The third kappa shape index (κ3) is 2.74. The van der Waals surface area contributed by atoms with Crippen LogP contribution in [0.1, 0.15) is 56.6 Å². The molecule has 2 aliphatic carbocycles. The average molecular weight is 286 g/mol. The Kier molecular flexibility index (Phi) is 3.28. The maximum Gasteiger partial charge on any atom is 0.246 e. The lowest BCUT2D eigenvalue weighted by molar-refractivity contribution is -0.127. The van der Waals surface area contributed by atoms with Gasteiger partial charge in [-0.3, -0.25) is 9.48 Å². The summed E-state index contributed by atoms with van der Waals surface area (Å²) in [5.74, 6) is 0.846. The summed E-state index contributed by atoms with van der Waals surface area (Å²) in [5, 5.41) is 8.49. The minimum absolute atomic E-state index is 0.203. The Hall–Kier alpha value is -1.65. The molecule has 5 heteroatoms. The van der Waals surface area contributed by atoms with E-state index in [2.05, 4.69) is 16.5 Å². The van der Waals surface area contributed by atoms with Crippen LogP contribution >= 0.6 is 0 Å². The monoisotopic (exact) mass is 286 g/mol. The van der Waals surface area contributed by atoms with E-state index < -0.39 is 0 Å². The maximum absolute atomic E-state index is 12.4. The number of likely N-dealkylation sites (tertiary alicyclic amines) is 1. The van der Waals surface area contributed by atoms with Crippen molar-refractivity contribution in [2.24, 2.45) is 0 Å². The average Bonchev–Trinajstić information content (AvgIpc) is 3.00. The third-order valence-corrected chi connectivity index (χ3v) is 4.93. The Balaban J connectivity index is 1.41. The Morgan fingerprint density at radius 3 is 2.86 bits per heavy atom. The van der Waals surface area contributed by atoms with Crippen molar-refractivity contribution < 1.29 is 4.79 Å².